The van der Waals surface area contributed by atoms with Gasteiger partial charge < -0.3 is 14.8 Å². The molecule has 1 aromatic heterocycles. The first-order valence-electron chi connectivity index (χ1n) is 8.96. The molecule has 1 N–H and O–H groups in total. The average molecular weight is 363 g/mol. The molecule has 1 aliphatic heterocycles. The zero-order valence-corrected chi connectivity index (χ0v) is 15.4. The van der Waals surface area contributed by atoms with Crippen molar-refractivity contribution < 1.29 is 14.3 Å². The molecule has 0 spiro atoms. The number of ether oxygens (including phenoxy) is 2. The van der Waals surface area contributed by atoms with Crippen LogP contribution in [0.25, 0.3) is 5.69 Å². The van der Waals surface area contributed by atoms with Crippen molar-refractivity contribution in [3.8, 4) is 17.2 Å². The summed E-state index contributed by atoms with van der Waals surface area (Å²) < 4.78 is 12.5. The Balaban J connectivity index is 1.51. The van der Waals surface area contributed by atoms with Gasteiger partial charge >= 0.3 is 0 Å². The van der Waals surface area contributed by atoms with Gasteiger partial charge in [-0.05, 0) is 43.2 Å². The summed E-state index contributed by atoms with van der Waals surface area (Å²) in [4.78, 5) is 12.7. The Hall–Kier alpha value is -3.28. The van der Waals surface area contributed by atoms with Gasteiger partial charge in [0.15, 0.2) is 11.5 Å². The molecular weight excluding hydrogens is 342 g/mol. The minimum Gasteiger partial charge on any atom is -0.454 e. The van der Waals surface area contributed by atoms with Crippen LogP contribution < -0.4 is 14.8 Å². The molecule has 1 aliphatic rings. The van der Waals surface area contributed by atoms with Crippen molar-refractivity contribution in [1.29, 1.82) is 0 Å². The molecule has 0 saturated heterocycles. The standard InChI is InChI=1S/C21H21N3O3/c1-3-18-17(12-23-24(18)16-7-4-14(2)5-8-16)21(25)22-11-15-6-9-19-20(10-15)27-13-26-19/h4-10,12H,3,11,13H2,1-2H3,(H,22,25). The highest BCUT2D eigenvalue weighted by Crippen LogP contribution is 2.32. The summed E-state index contributed by atoms with van der Waals surface area (Å²) in [5.41, 5.74) is 4.58. The second-order valence-electron chi connectivity index (χ2n) is 6.48. The van der Waals surface area contributed by atoms with Crippen LogP contribution in [0, 0.1) is 6.92 Å². The molecule has 0 atom stereocenters. The van der Waals surface area contributed by atoms with Gasteiger partial charge in [0.2, 0.25) is 6.79 Å². The van der Waals surface area contributed by atoms with E-state index in [2.05, 4.69) is 10.4 Å². The molecule has 27 heavy (non-hydrogen) atoms. The maximum absolute atomic E-state index is 12.7. The summed E-state index contributed by atoms with van der Waals surface area (Å²) in [7, 11) is 0. The first kappa shape index (κ1) is 17.1. The molecule has 0 fully saturated rings. The third kappa shape index (κ3) is 3.38. The monoisotopic (exact) mass is 363 g/mol. The Morgan fingerprint density at radius 1 is 1.15 bits per heavy atom. The number of fused-ring (bicyclic) bond motifs is 1. The van der Waals surface area contributed by atoms with Crippen molar-refractivity contribution >= 4 is 5.91 Å². The number of carbonyl (C=O) groups excluding carboxylic acids is 1. The first-order valence-corrected chi connectivity index (χ1v) is 8.96. The Bertz CT molecular complexity index is 977. The fourth-order valence-corrected chi connectivity index (χ4v) is 3.14. The van der Waals surface area contributed by atoms with Crippen molar-refractivity contribution in [2.24, 2.45) is 0 Å². The largest absolute Gasteiger partial charge is 0.454 e. The molecule has 1 amide bonds. The normalized spacial score (nSPS) is 12.2. The van der Waals surface area contributed by atoms with Crippen molar-refractivity contribution in [2.75, 3.05) is 6.79 Å². The Morgan fingerprint density at radius 2 is 1.93 bits per heavy atom. The van der Waals surface area contributed by atoms with E-state index in [0.29, 0.717) is 24.3 Å². The van der Waals surface area contributed by atoms with Gasteiger partial charge in [-0.2, -0.15) is 5.10 Å². The van der Waals surface area contributed by atoms with Crippen LogP contribution in [0.15, 0.2) is 48.7 Å². The number of hydrogen-bond donors (Lipinski definition) is 1. The Morgan fingerprint density at radius 3 is 2.70 bits per heavy atom. The van der Waals surface area contributed by atoms with E-state index in [1.54, 1.807) is 6.20 Å². The summed E-state index contributed by atoms with van der Waals surface area (Å²) in [6.45, 7) is 4.72. The highest BCUT2D eigenvalue weighted by Gasteiger charge is 2.18. The van der Waals surface area contributed by atoms with Crippen LogP contribution in [0.5, 0.6) is 11.5 Å². The van der Waals surface area contributed by atoms with Gasteiger partial charge in [-0.1, -0.05) is 30.7 Å². The molecule has 4 rings (SSSR count). The summed E-state index contributed by atoms with van der Waals surface area (Å²) in [5, 5.41) is 7.40. The summed E-state index contributed by atoms with van der Waals surface area (Å²) in [5.74, 6) is 1.31. The van der Waals surface area contributed by atoms with Crippen LogP contribution in [0.1, 0.15) is 34.1 Å². The molecule has 0 saturated carbocycles. The highest BCUT2D eigenvalue weighted by molar-refractivity contribution is 5.95. The van der Waals surface area contributed by atoms with Crippen LogP contribution in [0.2, 0.25) is 0 Å². The third-order valence-corrected chi connectivity index (χ3v) is 4.62. The second-order valence-corrected chi connectivity index (χ2v) is 6.48. The summed E-state index contributed by atoms with van der Waals surface area (Å²) >= 11 is 0. The topological polar surface area (TPSA) is 65.4 Å². The lowest BCUT2D eigenvalue weighted by Crippen LogP contribution is -2.23. The minimum atomic E-state index is -0.136. The van der Waals surface area contributed by atoms with Gasteiger partial charge in [-0.3, -0.25) is 4.79 Å². The van der Waals surface area contributed by atoms with Gasteiger partial charge in [0.05, 0.1) is 23.1 Å². The fraction of sp³-hybridized carbons (Fsp3) is 0.238. The predicted molar refractivity (Wildman–Crippen MR) is 101 cm³/mol. The Kier molecular flexibility index (Phi) is 4.54. The average Bonchev–Trinajstić information content (AvgIpc) is 3.32. The maximum Gasteiger partial charge on any atom is 0.255 e. The molecule has 2 heterocycles. The van der Waals surface area contributed by atoms with Gasteiger partial charge in [-0.25, -0.2) is 4.68 Å². The SMILES string of the molecule is CCc1c(C(=O)NCc2ccc3c(c2)OCO3)cnn1-c1ccc(C)cc1. The number of benzene rings is 2. The maximum atomic E-state index is 12.7. The number of hydrogen-bond acceptors (Lipinski definition) is 4. The van der Waals surface area contributed by atoms with Gasteiger partial charge in [-0.15, -0.1) is 0 Å². The second kappa shape index (κ2) is 7.15. The van der Waals surface area contributed by atoms with E-state index in [9.17, 15) is 4.79 Å². The molecule has 2 aromatic carbocycles. The molecule has 0 radical (unpaired) electrons. The summed E-state index contributed by atoms with van der Waals surface area (Å²) in [6.07, 6.45) is 2.34. The number of aromatic nitrogens is 2. The van der Waals surface area contributed by atoms with Crippen molar-refractivity contribution in [2.45, 2.75) is 26.8 Å². The fourth-order valence-electron chi connectivity index (χ4n) is 3.14. The molecule has 3 aromatic rings. The van der Waals surface area contributed by atoms with E-state index < -0.39 is 0 Å². The first-order chi connectivity index (χ1) is 13.2. The molecule has 6 heteroatoms. The van der Waals surface area contributed by atoms with Crippen molar-refractivity contribution in [3.63, 3.8) is 0 Å². The number of carbonyl (C=O) groups is 1. The zero-order chi connectivity index (χ0) is 18.8. The van der Waals surface area contributed by atoms with Crippen LogP contribution in [-0.2, 0) is 13.0 Å². The van der Waals surface area contributed by atoms with Crippen molar-refractivity contribution in [3.05, 3.63) is 71.0 Å². The van der Waals surface area contributed by atoms with Crippen LogP contribution in [0.3, 0.4) is 0 Å². The number of nitrogens with zero attached hydrogens (tertiary/aromatic N) is 2. The zero-order valence-electron chi connectivity index (χ0n) is 15.4. The van der Waals surface area contributed by atoms with Gasteiger partial charge in [0.25, 0.3) is 5.91 Å². The lowest BCUT2D eigenvalue weighted by molar-refractivity contribution is 0.0950. The van der Waals surface area contributed by atoms with E-state index in [-0.39, 0.29) is 12.7 Å². The predicted octanol–water partition coefficient (Wildman–Crippen LogP) is 3.40. The lowest BCUT2D eigenvalue weighted by Gasteiger charge is -2.09. The minimum absolute atomic E-state index is 0.136. The van der Waals surface area contributed by atoms with E-state index in [4.69, 9.17) is 9.47 Å². The molecule has 6 nitrogen and oxygen atoms in total. The van der Waals surface area contributed by atoms with E-state index in [1.807, 2.05) is 61.0 Å². The lowest BCUT2D eigenvalue weighted by atomic mass is 10.1. The number of aryl methyl sites for hydroxylation is 1. The summed E-state index contributed by atoms with van der Waals surface area (Å²) in [6, 6.07) is 13.8. The van der Waals surface area contributed by atoms with Crippen molar-refractivity contribution in [1.82, 2.24) is 15.1 Å². The van der Waals surface area contributed by atoms with Crippen LogP contribution in [-0.4, -0.2) is 22.5 Å². The highest BCUT2D eigenvalue weighted by atomic mass is 16.7. The van der Waals surface area contributed by atoms with Crippen LogP contribution in [0.4, 0.5) is 0 Å². The number of amides is 1. The molecular formula is C21H21N3O3. The Labute approximate surface area is 157 Å². The molecule has 138 valence electrons. The van der Waals surface area contributed by atoms with E-state index >= 15 is 0 Å². The number of rotatable bonds is 5. The molecule has 0 unspecified atom stereocenters. The van der Waals surface area contributed by atoms with Gasteiger partial charge in [0, 0.05) is 6.54 Å². The van der Waals surface area contributed by atoms with Gasteiger partial charge in [0.1, 0.15) is 0 Å². The van der Waals surface area contributed by atoms with E-state index in [0.717, 1.165) is 22.7 Å². The third-order valence-electron chi connectivity index (χ3n) is 4.62. The van der Waals surface area contributed by atoms with Crippen LogP contribution >= 0.6 is 0 Å². The van der Waals surface area contributed by atoms with E-state index in [1.165, 1.54) is 5.56 Å². The number of nitrogens with one attached hydrogen (secondary N) is 1. The molecule has 0 bridgehead atoms. The smallest absolute Gasteiger partial charge is 0.255 e. The molecule has 0 aliphatic carbocycles. The quantitative estimate of drug-likeness (QED) is 0.755.